The maximum absolute atomic E-state index is 14.9. The van der Waals surface area contributed by atoms with E-state index >= 15 is 0 Å². The van der Waals surface area contributed by atoms with Crippen LogP contribution in [-0.4, -0.2) is 185 Å². The minimum absolute atomic E-state index is 0.102. The first-order valence-electron chi connectivity index (χ1n) is 31.3. The van der Waals surface area contributed by atoms with E-state index in [-0.39, 0.29) is 132 Å². The summed E-state index contributed by atoms with van der Waals surface area (Å²) in [6, 6.07) is -1.98. The summed E-state index contributed by atoms with van der Waals surface area (Å²) in [5, 5.41) is 19.1. The number of halogens is 4. The van der Waals surface area contributed by atoms with Gasteiger partial charge >= 0.3 is 23.9 Å². The van der Waals surface area contributed by atoms with E-state index in [1.165, 1.54) is 41.5 Å². The highest BCUT2D eigenvalue weighted by Crippen LogP contribution is 2.36. The number of amides is 7. The minimum Gasteiger partial charge on any atom is -0.463 e. The molecule has 530 valence electrons. The predicted molar refractivity (Wildman–Crippen MR) is 320 cm³/mol. The standard InChI is InChI=1S/C62H93F4N7O21/c1-30-33(4)55(70-37(8)74)59(91-43(30)27-88-40(11)77)85-23-20-67-46(80)14-17-62(73-49(83)26-50(84)94-58-53(65)51(63)36(7)52(64)54(58)66,18-15-47(81)68-21-24-86-60-56(71-38(9)75)34(5)31(2)44(92-60)28-89-41(12)78)19-16-48(82)69-22-25-87-61-57(72-39(10)76)35(6)32(3)45(93-61)29-90-42(13)79/h30-35,43-45,55-57,59-61H,14-29H2,1-13H3,(H,67,80)(H,68,81)(H,69,82)(H,70,74)(H,71,75)(H,72,76)(H,73,83)/t30-,31-,32-,33+,34+,35+,43?,44?,45?,55?,56?,57?,59-,60-,61-,62?/m1/s1. The molecule has 3 saturated heterocycles. The van der Waals surface area contributed by atoms with Gasteiger partial charge in [-0.25, -0.2) is 8.78 Å². The highest BCUT2D eigenvalue weighted by Gasteiger charge is 2.46. The van der Waals surface area contributed by atoms with Crippen molar-refractivity contribution in [2.75, 3.05) is 59.3 Å². The zero-order valence-corrected chi connectivity index (χ0v) is 55.6. The van der Waals surface area contributed by atoms with Gasteiger partial charge in [0.1, 0.15) is 26.2 Å². The van der Waals surface area contributed by atoms with Crippen LogP contribution in [0.1, 0.15) is 134 Å². The van der Waals surface area contributed by atoms with Crippen LogP contribution in [0.2, 0.25) is 0 Å². The van der Waals surface area contributed by atoms with Crippen molar-refractivity contribution in [1.82, 2.24) is 37.2 Å². The summed E-state index contributed by atoms with van der Waals surface area (Å²) in [7, 11) is 0. The molecular weight excluding hydrogens is 1250 g/mol. The Kier molecular flexibility index (Phi) is 31.9. The van der Waals surface area contributed by atoms with Crippen molar-refractivity contribution in [1.29, 1.82) is 0 Å². The summed E-state index contributed by atoms with van der Waals surface area (Å²) in [6.45, 7) is 18.2. The molecule has 28 nitrogen and oxygen atoms in total. The Morgan fingerprint density at radius 2 is 0.734 bits per heavy atom. The topological polar surface area (TPSA) is 364 Å². The second-order valence-electron chi connectivity index (χ2n) is 24.2. The largest absolute Gasteiger partial charge is 0.463 e. The van der Waals surface area contributed by atoms with Crippen LogP contribution < -0.4 is 42.0 Å². The van der Waals surface area contributed by atoms with E-state index in [1.807, 2.05) is 41.5 Å². The molecule has 1 aromatic rings. The van der Waals surface area contributed by atoms with Gasteiger partial charge in [0.2, 0.25) is 58.7 Å². The third-order valence-corrected chi connectivity index (χ3v) is 17.2. The monoisotopic (exact) mass is 1350 g/mol. The number of rotatable bonds is 34. The molecule has 0 aliphatic carbocycles. The van der Waals surface area contributed by atoms with Crippen LogP contribution in [0.15, 0.2) is 0 Å². The maximum atomic E-state index is 14.9. The number of ether oxygens (including phenoxy) is 10. The molecule has 7 amide bonds. The smallest absolute Gasteiger partial charge is 0.320 e. The van der Waals surface area contributed by atoms with Gasteiger partial charge in [-0.2, -0.15) is 8.78 Å². The molecule has 6 unspecified atom stereocenters. The molecule has 0 radical (unpaired) electrons. The quantitative estimate of drug-likeness (QED) is 0.00992. The molecule has 0 bridgehead atoms. The number of carbonyl (C=O) groups is 11. The normalized spacial score (nSPS) is 26.4. The van der Waals surface area contributed by atoms with Gasteiger partial charge in [0, 0.05) is 91.5 Å². The van der Waals surface area contributed by atoms with Gasteiger partial charge in [0.15, 0.2) is 30.5 Å². The fraction of sp³-hybridized carbons (Fsp3) is 0.726. The summed E-state index contributed by atoms with van der Waals surface area (Å²) >= 11 is 0. The zero-order chi connectivity index (χ0) is 70.3. The first-order chi connectivity index (χ1) is 44.1. The summed E-state index contributed by atoms with van der Waals surface area (Å²) in [6.07, 6.45) is -8.93. The van der Waals surface area contributed by atoms with E-state index in [4.69, 9.17) is 42.6 Å². The molecule has 4 rings (SSSR count). The fourth-order valence-corrected chi connectivity index (χ4v) is 11.2. The lowest BCUT2D eigenvalue weighted by molar-refractivity contribution is -0.243. The van der Waals surface area contributed by atoms with E-state index < -0.39 is 169 Å². The average molecular weight is 1350 g/mol. The van der Waals surface area contributed by atoms with E-state index in [0.29, 0.717) is 0 Å². The minimum atomic E-state index is -2.06. The Bertz CT molecular complexity index is 2570. The van der Waals surface area contributed by atoms with Crippen LogP contribution in [0.3, 0.4) is 0 Å². The van der Waals surface area contributed by atoms with E-state index in [1.54, 1.807) is 0 Å². The Morgan fingerprint density at radius 3 is 1.01 bits per heavy atom. The first-order valence-corrected chi connectivity index (χ1v) is 31.3. The Balaban J connectivity index is 1.60. The van der Waals surface area contributed by atoms with Crippen LogP contribution >= 0.6 is 0 Å². The number of carbonyl (C=O) groups excluding carboxylic acids is 11. The fourth-order valence-electron chi connectivity index (χ4n) is 11.2. The molecule has 15 atom stereocenters. The van der Waals surface area contributed by atoms with Crippen molar-refractivity contribution in [2.24, 2.45) is 35.5 Å². The van der Waals surface area contributed by atoms with E-state index in [9.17, 15) is 70.3 Å². The molecule has 32 heteroatoms. The second-order valence-corrected chi connectivity index (χ2v) is 24.2. The van der Waals surface area contributed by atoms with Gasteiger partial charge in [-0.15, -0.1) is 0 Å². The van der Waals surface area contributed by atoms with Crippen LogP contribution in [0.25, 0.3) is 0 Å². The summed E-state index contributed by atoms with van der Waals surface area (Å²) in [4.78, 5) is 141. The van der Waals surface area contributed by atoms with Crippen molar-refractivity contribution >= 4 is 65.2 Å². The van der Waals surface area contributed by atoms with Crippen LogP contribution in [0.5, 0.6) is 5.75 Å². The number of benzene rings is 1. The molecule has 94 heavy (non-hydrogen) atoms. The van der Waals surface area contributed by atoms with Gasteiger partial charge in [-0.1, -0.05) is 41.5 Å². The van der Waals surface area contributed by atoms with Crippen LogP contribution in [-0.2, 0) is 95.4 Å². The molecule has 1 aromatic carbocycles. The van der Waals surface area contributed by atoms with Crippen LogP contribution in [0, 0.1) is 65.7 Å². The summed E-state index contributed by atoms with van der Waals surface area (Å²) in [5.74, 6) is -18.7. The van der Waals surface area contributed by atoms with E-state index in [2.05, 4.69) is 42.0 Å². The number of esters is 4. The predicted octanol–water partition coefficient (Wildman–Crippen LogP) is 2.64. The van der Waals surface area contributed by atoms with E-state index in [0.717, 1.165) is 6.92 Å². The number of hydrogen-bond acceptors (Lipinski definition) is 21. The lowest BCUT2D eigenvalue weighted by Crippen LogP contribution is -2.58. The van der Waals surface area contributed by atoms with Crippen molar-refractivity contribution < 1.29 is 118 Å². The van der Waals surface area contributed by atoms with Crippen molar-refractivity contribution in [2.45, 2.75) is 196 Å². The molecule has 3 heterocycles. The molecule has 7 N–H and O–H groups in total. The molecule has 0 aromatic heterocycles. The summed E-state index contributed by atoms with van der Waals surface area (Å²) in [5.41, 5.74) is -2.85. The molecular formula is C62H93F4N7O21. The zero-order valence-electron chi connectivity index (χ0n) is 55.6. The maximum Gasteiger partial charge on any atom is 0.320 e. The highest BCUT2D eigenvalue weighted by molar-refractivity contribution is 5.95. The van der Waals surface area contributed by atoms with Gasteiger partial charge < -0.3 is 84.6 Å². The number of hydrogen-bond donors (Lipinski definition) is 7. The highest BCUT2D eigenvalue weighted by atomic mass is 19.2. The SMILES string of the molecule is CC(=O)NC1[C@H](OCCNC(=O)CCC(CCC(=O)NCCO[C@@H]2OC(COC(C)=O)[C@H](C)[C@H](C)C2NC(C)=O)(CCC(=O)NCCO[C@@H]2OC(COC(C)=O)[C@H](C)[C@H](C)C2NC(C)=O)NC(=O)CC(=O)Oc2c(F)c(F)c(C)c(F)c2F)OC(COC(C)=O)[C@H](C)[C@@H]1C. The Hall–Kier alpha value is -7.13. The lowest BCUT2D eigenvalue weighted by atomic mass is 9.82. The van der Waals surface area contributed by atoms with Gasteiger partial charge in [0.25, 0.3) is 0 Å². The third kappa shape index (κ3) is 24.6. The molecule has 3 aliphatic rings. The molecule has 0 spiro atoms. The van der Waals surface area contributed by atoms with Crippen LogP contribution in [0.4, 0.5) is 17.6 Å². The second kappa shape index (κ2) is 37.8. The Labute approximate surface area is 543 Å². The summed E-state index contributed by atoms with van der Waals surface area (Å²) < 4.78 is 116. The van der Waals surface area contributed by atoms with Crippen molar-refractivity contribution in [3.8, 4) is 5.75 Å². The van der Waals surface area contributed by atoms with Crippen molar-refractivity contribution in [3.63, 3.8) is 0 Å². The van der Waals surface area contributed by atoms with Gasteiger partial charge in [-0.3, -0.25) is 52.7 Å². The van der Waals surface area contributed by atoms with Crippen molar-refractivity contribution in [3.05, 3.63) is 28.8 Å². The molecule has 0 saturated carbocycles. The van der Waals surface area contributed by atoms with Gasteiger partial charge in [0.05, 0.1) is 56.3 Å². The molecule has 3 aliphatic heterocycles. The Morgan fingerprint density at radius 1 is 0.436 bits per heavy atom. The number of nitrogens with one attached hydrogen (secondary N) is 7. The van der Waals surface area contributed by atoms with Gasteiger partial charge in [-0.05, 0) is 61.7 Å². The molecule has 3 fully saturated rings. The third-order valence-electron chi connectivity index (χ3n) is 17.2. The average Bonchev–Trinajstić information content (AvgIpc) is 0.849. The lowest BCUT2D eigenvalue weighted by Gasteiger charge is -2.44. The first kappa shape index (κ1) is 79.3.